The Bertz CT molecular complexity index is 555. The van der Waals surface area contributed by atoms with Gasteiger partial charge in [0.2, 0.25) is 0 Å². The van der Waals surface area contributed by atoms with Gasteiger partial charge in [-0.15, -0.1) is 0 Å². The van der Waals surface area contributed by atoms with Crippen molar-refractivity contribution >= 4 is 33.0 Å². The number of rotatable bonds is 2. The maximum atomic E-state index is 12.9. The summed E-state index contributed by atoms with van der Waals surface area (Å²) in [5.41, 5.74) is 9.23. The van der Waals surface area contributed by atoms with Crippen LogP contribution in [0.4, 0.5) is 21.5 Å². The van der Waals surface area contributed by atoms with Crippen LogP contribution in [-0.2, 0) is 0 Å². The van der Waals surface area contributed by atoms with E-state index in [1.165, 1.54) is 12.1 Å². The Morgan fingerprint density at radius 2 is 1.88 bits per heavy atom. The second-order valence-corrected chi connectivity index (χ2v) is 4.69. The molecule has 0 atom stereocenters. The minimum Gasteiger partial charge on any atom is -0.397 e. The molecule has 2 aromatic rings. The topological polar surface area (TPSA) is 38.0 Å². The molecule has 0 heterocycles. The van der Waals surface area contributed by atoms with Gasteiger partial charge in [0.05, 0.1) is 17.1 Å². The molecular weight excluding hydrogens is 283 g/mol. The van der Waals surface area contributed by atoms with Gasteiger partial charge in [0.15, 0.2) is 0 Å². The third-order valence-corrected chi connectivity index (χ3v) is 3.07. The number of nitrogen functional groups attached to an aromatic ring is 1. The predicted octanol–water partition coefficient (Wildman–Crippen LogP) is 4.22. The highest BCUT2D eigenvalue weighted by Crippen LogP contribution is 2.29. The van der Waals surface area contributed by atoms with E-state index in [2.05, 4.69) is 21.2 Å². The van der Waals surface area contributed by atoms with Crippen LogP contribution in [0.15, 0.2) is 40.9 Å². The van der Waals surface area contributed by atoms with Crippen molar-refractivity contribution in [2.75, 3.05) is 11.1 Å². The van der Waals surface area contributed by atoms with Crippen LogP contribution in [0.5, 0.6) is 0 Å². The highest BCUT2D eigenvalue weighted by atomic mass is 79.9. The van der Waals surface area contributed by atoms with E-state index in [-0.39, 0.29) is 5.82 Å². The van der Waals surface area contributed by atoms with Crippen LogP contribution in [0.1, 0.15) is 5.56 Å². The van der Waals surface area contributed by atoms with Crippen molar-refractivity contribution in [3.8, 4) is 0 Å². The molecule has 0 bridgehead atoms. The molecule has 2 aromatic carbocycles. The van der Waals surface area contributed by atoms with Gasteiger partial charge in [0, 0.05) is 4.47 Å². The van der Waals surface area contributed by atoms with Crippen molar-refractivity contribution in [1.82, 2.24) is 0 Å². The van der Waals surface area contributed by atoms with E-state index in [0.29, 0.717) is 10.2 Å². The summed E-state index contributed by atoms with van der Waals surface area (Å²) in [4.78, 5) is 0. The molecule has 0 fully saturated rings. The summed E-state index contributed by atoms with van der Waals surface area (Å²) >= 11 is 3.30. The van der Waals surface area contributed by atoms with E-state index >= 15 is 0 Å². The molecule has 0 aromatic heterocycles. The van der Waals surface area contributed by atoms with Crippen LogP contribution in [0, 0.1) is 12.7 Å². The first-order valence-corrected chi connectivity index (χ1v) is 5.94. The molecule has 0 unspecified atom stereocenters. The van der Waals surface area contributed by atoms with Crippen molar-refractivity contribution < 1.29 is 4.39 Å². The van der Waals surface area contributed by atoms with Gasteiger partial charge in [-0.3, -0.25) is 0 Å². The molecule has 0 amide bonds. The van der Waals surface area contributed by atoms with Crippen LogP contribution in [0.25, 0.3) is 0 Å². The van der Waals surface area contributed by atoms with Crippen LogP contribution in [0.3, 0.4) is 0 Å². The number of benzene rings is 2. The summed E-state index contributed by atoms with van der Waals surface area (Å²) < 4.78 is 13.6. The van der Waals surface area contributed by atoms with Gasteiger partial charge < -0.3 is 11.1 Å². The van der Waals surface area contributed by atoms with Crippen LogP contribution in [0.2, 0.25) is 0 Å². The molecule has 0 aliphatic heterocycles. The summed E-state index contributed by atoms with van der Waals surface area (Å²) in [6.45, 7) is 1.99. The monoisotopic (exact) mass is 294 g/mol. The molecule has 4 heteroatoms. The van der Waals surface area contributed by atoms with E-state index in [1.807, 2.05) is 25.1 Å². The lowest BCUT2D eigenvalue weighted by Gasteiger charge is -2.11. The van der Waals surface area contributed by atoms with Crippen LogP contribution >= 0.6 is 15.9 Å². The number of halogens is 2. The molecule has 17 heavy (non-hydrogen) atoms. The summed E-state index contributed by atoms with van der Waals surface area (Å²) in [7, 11) is 0. The quantitative estimate of drug-likeness (QED) is 0.814. The molecule has 0 aliphatic rings. The van der Waals surface area contributed by atoms with Crippen molar-refractivity contribution in [2.24, 2.45) is 0 Å². The van der Waals surface area contributed by atoms with E-state index in [0.717, 1.165) is 16.9 Å². The fraction of sp³-hybridized carbons (Fsp3) is 0.0769. The lowest BCUT2D eigenvalue weighted by atomic mass is 10.2. The predicted molar refractivity (Wildman–Crippen MR) is 73.0 cm³/mol. The van der Waals surface area contributed by atoms with Crippen molar-refractivity contribution in [1.29, 1.82) is 0 Å². The van der Waals surface area contributed by atoms with Crippen LogP contribution in [-0.4, -0.2) is 0 Å². The molecule has 88 valence electrons. The number of aryl methyl sites for hydroxylation is 1. The molecule has 0 saturated carbocycles. The van der Waals surface area contributed by atoms with Gasteiger partial charge in [-0.05, 0) is 58.7 Å². The highest BCUT2D eigenvalue weighted by molar-refractivity contribution is 9.10. The summed E-state index contributed by atoms with van der Waals surface area (Å²) in [5.74, 6) is -0.278. The van der Waals surface area contributed by atoms with E-state index < -0.39 is 0 Å². The largest absolute Gasteiger partial charge is 0.397 e. The Morgan fingerprint density at radius 3 is 2.59 bits per heavy atom. The van der Waals surface area contributed by atoms with Crippen molar-refractivity contribution in [3.05, 3.63) is 52.3 Å². The smallest absolute Gasteiger partial charge is 0.124 e. The first-order chi connectivity index (χ1) is 8.06. The Balaban J connectivity index is 2.34. The SMILES string of the molecule is Cc1ccc(N)c(Nc2ccc(F)cc2Br)c1. The molecular formula is C13H12BrFN2. The zero-order valence-electron chi connectivity index (χ0n) is 9.30. The lowest BCUT2D eigenvalue weighted by Crippen LogP contribution is -1.97. The van der Waals surface area contributed by atoms with Gasteiger partial charge in [-0.25, -0.2) is 4.39 Å². The first-order valence-electron chi connectivity index (χ1n) is 5.14. The minimum atomic E-state index is -0.278. The van der Waals surface area contributed by atoms with E-state index in [4.69, 9.17) is 5.73 Å². The number of hydrogen-bond acceptors (Lipinski definition) is 2. The van der Waals surface area contributed by atoms with Gasteiger partial charge in [-0.2, -0.15) is 0 Å². The molecule has 0 saturated heterocycles. The number of nitrogens with one attached hydrogen (secondary N) is 1. The second-order valence-electron chi connectivity index (χ2n) is 3.84. The number of anilines is 3. The number of hydrogen-bond donors (Lipinski definition) is 2. The van der Waals surface area contributed by atoms with E-state index in [9.17, 15) is 4.39 Å². The van der Waals surface area contributed by atoms with Gasteiger partial charge in [-0.1, -0.05) is 6.07 Å². The standard InChI is InChI=1S/C13H12BrFN2/c1-8-2-4-11(16)13(6-8)17-12-5-3-9(15)7-10(12)14/h2-7,17H,16H2,1H3. The van der Waals surface area contributed by atoms with Gasteiger partial charge in [0.1, 0.15) is 5.82 Å². The summed E-state index contributed by atoms with van der Waals surface area (Å²) in [6, 6.07) is 10.2. The third kappa shape index (κ3) is 2.77. The Morgan fingerprint density at radius 1 is 1.12 bits per heavy atom. The molecule has 0 aliphatic carbocycles. The Hall–Kier alpha value is -1.55. The van der Waals surface area contributed by atoms with Crippen LogP contribution < -0.4 is 11.1 Å². The molecule has 0 spiro atoms. The fourth-order valence-electron chi connectivity index (χ4n) is 1.51. The molecule has 2 rings (SSSR count). The summed E-state index contributed by atoms with van der Waals surface area (Å²) in [5, 5.41) is 3.17. The Labute approximate surface area is 108 Å². The third-order valence-electron chi connectivity index (χ3n) is 2.41. The van der Waals surface area contributed by atoms with Gasteiger partial charge in [0.25, 0.3) is 0 Å². The first kappa shape index (κ1) is 11.9. The van der Waals surface area contributed by atoms with E-state index in [1.54, 1.807) is 6.07 Å². The zero-order chi connectivity index (χ0) is 12.4. The highest BCUT2D eigenvalue weighted by Gasteiger charge is 2.04. The Kier molecular flexibility index (Phi) is 3.33. The minimum absolute atomic E-state index is 0.278. The molecule has 0 radical (unpaired) electrons. The van der Waals surface area contributed by atoms with Crippen molar-refractivity contribution in [3.63, 3.8) is 0 Å². The average molecular weight is 295 g/mol. The fourth-order valence-corrected chi connectivity index (χ4v) is 1.96. The molecule has 2 nitrogen and oxygen atoms in total. The normalized spacial score (nSPS) is 10.3. The maximum Gasteiger partial charge on any atom is 0.124 e. The van der Waals surface area contributed by atoms with Crippen molar-refractivity contribution in [2.45, 2.75) is 6.92 Å². The molecule has 3 N–H and O–H groups in total. The second kappa shape index (κ2) is 4.75. The summed E-state index contributed by atoms with van der Waals surface area (Å²) in [6.07, 6.45) is 0. The number of nitrogens with two attached hydrogens (primary N) is 1. The maximum absolute atomic E-state index is 12.9. The zero-order valence-corrected chi connectivity index (χ0v) is 10.9. The average Bonchev–Trinajstić information content (AvgIpc) is 2.27. The lowest BCUT2D eigenvalue weighted by molar-refractivity contribution is 0.627. The van der Waals surface area contributed by atoms with Gasteiger partial charge >= 0.3 is 0 Å².